The molecule has 0 amide bonds. The fraction of sp³-hybridized carbons (Fsp3) is 0.667. The second-order valence-electron chi connectivity index (χ2n) is 4.33. The van der Waals surface area contributed by atoms with E-state index in [1.54, 1.807) is 0 Å². The summed E-state index contributed by atoms with van der Waals surface area (Å²) in [6.07, 6.45) is -0.955. The fourth-order valence-electron chi connectivity index (χ4n) is 2.37. The van der Waals surface area contributed by atoms with E-state index in [-0.39, 0.29) is 18.2 Å². The molecule has 0 aromatic carbocycles. The quantitative estimate of drug-likeness (QED) is 0.890. The van der Waals surface area contributed by atoms with Gasteiger partial charge in [-0.3, -0.25) is 0 Å². The van der Waals surface area contributed by atoms with Crippen molar-refractivity contribution in [3.05, 3.63) is 22.6 Å². The van der Waals surface area contributed by atoms with Gasteiger partial charge in [0.15, 0.2) is 5.76 Å². The summed E-state index contributed by atoms with van der Waals surface area (Å²) in [6.45, 7) is 3.22. The van der Waals surface area contributed by atoms with Crippen LogP contribution in [0, 0.1) is 6.92 Å². The first kappa shape index (κ1) is 12.5. The summed E-state index contributed by atoms with van der Waals surface area (Å²) in [5.41, 5.74) is 6.76. The Morgan fingerprint density at radius 1 is 1.35 bits per heavy atom. The van der Waals surface area contributed by atoms with Gasteiger partial charge < -0.3 is 14.9 Å². The highest BCUT2D eigenvalue weighted by atomic mass is 19.3. The highest BCUT2D eigenvalue weighted by molar-refractivity contribution is 5.35. The first-order chi connectivity index (χ1) is 8.15. The monoisotopic (exact) mass is 245 g/mol. The van der Waals surface area contributed by atoms with Crippen molar-refractivity contribution < 1.29 is 17.9 Å². The Labute approximate surface area is 98.9 Å². The second-order valence-corrected chi connectivity index (χ2v) is 4.33. The zero-order valence-electron chi connectivity index (χ0n) is 9.84. The SMILES string of the molecule is Cc1c(C2CCOCC2)oc(C(F)F)c1CN. The van der Waals surface area contributed by atoms with Gasteiger partial charge in [-0.1, -0.05) is 0 Å². The molecule has 1 aromatic heterocycles. The van der Waals surface area contributed by atoms with Gasteiger partial charge in [-0.2, -0.15) is 0 Å². The largest absolute Gasteiger partial charge is 0.459 e. The normalized spacial score (nSPS) is 17.9. The first-order valence-corrected chi connectivity index (χ1v) is 5.83. The minimum absolute atomic E-state index is 0.0955. The number of hydrogen-bond acceptors (Lipinski definition) is 3. The number of nitrogens with two attached hydrogens (primary N) is 1. The molecule has 1 aliphatic heterocycles. The smallest absolute Gasteiger partial charge is 0.295 e. The van der Waals surface area contributed by atoms with Gasteiger partial charge in [0.25, 0.3) is 6.43 Å². The Kier molecular flexibility index (Phi) is 3.79. The summed E-state index contributed by atoms with van der Waals surface area (Å²) in [5.74, 6) is 0.595. The molecule has 1 fully saturated rings. The van der Waals surface area contributed by atoms with Gasteiger partial charge in [0.1, 0.15) is 5.76 Å². The molecule has 0 aliphatic carbocycles. The average Bonchev–Trinajstić information content (AvgIpc) is 2.67. The summed E-state index contributed by atoms with van der Waals surface area (Å²) in [6, 6.07) is 0. The van der Waals surface area contributed by atoms with Crippen molar-refractivity contribution in [3.63, 3.8) is 0 Å². The molecule has 0 unspecified atom stereocenters. The van der Waals surface area contributed by atoms with E-state index < -0.39 is 6.43 Å². The maximum Gasteiger partial charge on any atom is 0.295 e. The maximum atomic E-state index is 12.8. The molecule has 96 valence electrons. The molecule has 2 rings (SSSR count). The van der Waals surface area contributed by atoms with Crippen molar-refractivity contribution in [1.82, 2.24) is 0 Å². The molecule has 2 N–H and O–H groups in total. The third-order valence-electron chi connectivity index (χ3n) is 3.33. The van der Waals surface area contributed by atoms with Gasteiger partial charge >= 0.3 is 0 Å². The third-order valence-corrected chi connectivity index (χ3v) is 3.33. The van der Waals surface area contributed by atoms with Crippen LogP contribution in [0.5, 0.6) is 0 Å². The second kappa shape index (κ2) is 5.14. The Bertz CT molecular complexity index is 384. The van der Waals surface area contributed by atoms with Gasteiger partial charge in [0, 0.05) is 31.2 Å². The van der Waals surface area contributed by atoms with E-state index in [0.29, 0.717) is 24.5 Å². The van der Waals surface area contributed by atoms with E-state index in [9.17, 15) is 8.78 Å². The average molecular weight is 245 g/mol. The third kappa shape index (κ3) is 2.35. The van der Waals surface area contributed by atoms with Crippen LogP contribution in [0.3, 0.4) is 0 Å². The van der Waals surface area contributed by atoms with Crippen LogP contribution in [-0.2, 0) is 11.3 Å². The van der Waals surface area contributed by atoms with E-state index in [4.69, 9.17) is 14.9 Å². The molecule has 1 aromatic rings. The molecule has 17 heavy (non-hydrogen) atoms. The van der Waals surface area contributed by atoms with Crippen LogP contribution in [0.15, 0.2) is 4.42 Å². The van der Waals surface area contributed by atoms with Crippen molar-refractivity contribution in [2.75, 3.05) is 13.2 Å². The molecular weight excluding hydrogens is 228 g/mol. The van der Waals surface area contributed by atoms with Crippen LogP contribution in [0.25, 0.3) is 0 Å². The molecule has 0 atom stereocenters. The lowest BCUT2D eigenvalue weighted by atomic mass is 9.94. The van der Waals surface area contributed by atoms with Crippen molar-refractivity contribution in [2.45, 2.75) is 38.7 Å². The van der Waals surface area contributed by atoms with Gasteiger partial charge in [-0.05, 0) is 25.3 Å². The number of halogens is 2. The number of hydrogen-bond donors (Lipinski definition) is 1. The predicted octanol–water partition coefficient (Wildman–Crippen LogP) is 2.88. The zero-order valence-corrected chi connectivity index (χ0v) is 9.84. The maximum absolute atomic E-state index is 12.8. The van der Waals surface area contributed by atoms with Crippen LogP contribution in [0.4, 0.5) is 8.78 Å². The van der Waals surface area contributed by atoms with Crippen LogP contribution in [0.2, 0.25) is 0 Å². The standard InChI is InChI=1S/C12H17F2NO2/c1-7-9(6-15)11(12(13)14)17-10(7)8-2-4-16-5-3-8/h8,12H,2-6,15H2,1H3. The number of rotatable bonds is 3. The summed E-state index contributed by atoms with van der Waals surface area (Å²) in [5, 5.41) is 0. The number of furan rings is 1. The minimum Gasteiger partial charge on any atom is -0.459 e. The summed E-state index contributed by atoms with van der Waals surface area (Å²) in [7, 11) is 0. The first-order valence-electron chi connectivity index (χ1n) is 5.83. The lowest BCUT2D eigenvalue weighted by Crippen LogP contribution is -2.14. The Morgan fingerprint density at radius 2 is 2.00 bits per heavy atom. The topological polar surface area (TPSA) is 48.4 Å². The summed E-state index contributed by atoms with van der Waals surface area (Å²) >= 11 is 0. The molecule has 0 spiro atoms. The number of alkyl halides is 2. The molecule has 0 saturated carbocycles. The molecule has 3 nitrogen and oxygen atoms in total. The molecular formula is C12H17F2NO2. The molecule has 0 radical (unpaired) electrons. The van der Waals surface area contributed by atoms with Gasteiger partial charge in [-0.25, -0.2) is 8.78 Å². The van der Waals surface area contributed by atoms with Crippen LogP contribution in [0.1, 0.15) is 47.8 Å². The van der Waals surface area contributed by atoms with Gasteiger partial charge in [0.2, 0.25) is 0 Å². The minimum atomic E-state index is -2.60. The molecule has 0 bridgehead atoms. The molecule has 1 aliphatic rings. The van der Waals surface area contributed by atoms with E-state index in [0.717, 1.165) is 18.4 Å². The van der Waals surface area contributed by atoms with E-state index in [1.165, 1.54) is 0 Å². The molecule has 2 heterocycles. The van der Waals surface area contributed by atoms with Gasteiger partial charge in [-0.15, -0.1) is 0 Å². The van der Waals surface area contributed by atoms with Crippen LogP contribution in [-0.4, -0.2) is 13.2 Å². The van der Waals surface area contributed by atoms with Gasteiger partial charge in [0.05, 0.1) is 0 Å². The zero-order chi connectivity index (χ0) is 12.4. The number of ether oxygens (including phenoxy) is 1. The van der Waals surface area contributed by atoms with E-state index in [2.05, 4.69) is 0 Å². The summed E-state index contributed by atoms with van der Waals surface area (Å²) < 4.78 is 36.2. The lowest BCUT2D eigenvalue weighted by molar-refractivity contribution is 0.0767. The van der Waals surface area contributed by atoms with Crippen LogP contribution < -0.4 is 5.73 Å². The predicted molar refractivity (Wildman–Crippen MR) is 59.1 cm³/mol. The van der Waals surface area contributed by atoms with Crippen molar-refractivity contribution in [1.29, 1.82) is 0 Å². The summed E-state index contributed by atoms with van der Waals surface area (Å²) in [4.78, 5) is 0. The Morgan fingerprint density at radius 3 is 2.47 bits per heavy atom. The van der Waals surface area contributed by atoms with Crippen LogP contribution >= 0.6 is 0 Å². The highest BCUT2D eigenvalue weighted by Gasteiger charge is 2.28. The Balaban J connectivity index is 2.33. The highest BCUT2D eigenvalue weighted by Crippen LogP contribution is 2.37. The lowest BCUT2D eigenvalue weighted by Gasteiger charge is -2.20. The van der Waals surface area contributed by atoms with Crippen molar-refractivity contribution in [2.24, 2.45) is 5.73 Å². The fourth-order valence-corrected chi connectivity index (χ4v) is 2.37. The molecule has 5 heteroatoms. The molecule has 1 saturated heterocycles. The Hall–Kier alpha value is -0.940. The van der Waals surface area contributed by atoms with E-state index >= 15 is 0 Å². The van der Waals surface area contributed by atoms with Crippen molar-refractivity contribution >= 4 is 0 Å². The van der Waals surface area contributed by atoms with Crippen molar-refractivity contribution in [3.8, 4) is 0 Å². The van der Waals surface area contributed by atoms with E-state index in [1.807, 2.05) is 6.92 Å².